The normalized spacial score (nSPS) is 19.2. The van der Waals surface area contributed by atoms with Gasteiger partial charge in [0.2, 0.25) is 0 Å². The van der Waals surface area contributed by atoms with E-state index in [1.54, 1.807) is 0 Å². The van der Waals surface area contributed by atoms with Crippen LogP contribution in [0.3, 0.4) is 0 Å². The van der Waals surface area contributed by atoms with Crippen molar-refractivity contribution in [3.8, 4) is 0 Å². The molecule has 76 valence electrons. The summed E-state index contributed by atoms with van der Waals surface area (Å²) in [6, 6.07) is 0. The van der Waals surface area contributed by atoms with Crippen LogP contribution in [0, 0.1) is 0 Å². The lowest BCUT2D eigenvalue weighted by Gasteiger charge is -2.19. The number of rotatable bonds is 2. The summed E-state index contributed by atoms with van der Waals surface area (Å²) in [5.41, 5.74) is 2.73. The van der Waals surface area contributed by atoms with Crippen LogP contribution in [0.15, 0.2) is 0 Å². The van der Waals surface area contributed by atoms with Gasteiger partial charge in [0.1, 0.15) is 0 Å². The Kier molecular flexibility index (Phi) is 4.60. The van der Waals surface area contributed by atoms with E-state index in [9.17, 15) is 4.79 Å². The molecule has 13 heavy (non-hydrogen) atoms. The molecule has 0 radical (unpaired) electrons. The van der Waals surface area contributed by atoms with Crippen molar-refractivity contribution in [3.63, 3.8) is 0 Å². The predicted molar refractivity (Wildman–Crippen MR) is 50.2 cm³/mol. The van der Waals surface area contributed by atoms with Gasteiger partial charge in [-0.1, -0.05) is 12.8 Å². The van der Waals surface area contributed by atoms with Gasteiger partial charge < -0.3 is 4.74 Å². The average Bonchev–Trinajstić information content (AvgIpc) is 2.33. The van der Waals surface area contributed by atoms with Crippen molar-refractivity contribution >= 4 is 6.09 Å². The molecule has 0 aromatic carbocycles. The zero-order chi connectivity index (χ0) is 9.52. The monoisotopic (exact) mass is 186 g/mol. The van der Waals surface area contributed by atoms with Crippen molar-refractivity contribution in [1.29, 1.82) is 0 Å². The summed E-state index contributed by atoms with van der Waals surface area (Å²) < 4.78 is 4.79. The van der Waals surface area contributed by atoms with Crippen molar-refractivity contribution in [2.75, 3.05) is 19.7 Å². The number of carbonyl (C=O) groups excluding carboxylic acids is 1. The summed E-state index contributed by atoms with van der Waals surface area (Å²) in [5, 5.41) is 1.95. The number of nitrogens with zero attached hydrogens (tertiary/aromatic N) is 1. The van der Waals surface area contributed by atoms with Gasteiger partial charge >= 0.3 is 6.09 Å². The first kappa shape index (κ1) is 10.3. The van der Waals surface area contributed by atoms with Crippen molar-refractivity contribution < 1.29 is 9.53 Å². The largest absolute Gasteiger partial charge is 0.449 e. The van der Waals surface area contributed by atoms with E-state index in [-0.39, 0.29) is 6.09 Å². The number of carbonyl (C=O) groups is 1. The smallest absolute Gasteiger partial charge is 0.421 e. The number of nitrogens with one attached hydrogen (secondary N) is 1. The SMILES string of the molecule is CCOC(=O)NN1CCCCCC1. The standard InChI is InChI=1S/C9H18N2O2/c1-2-13-9(12)10-11-7-5-3-4-6-8-11/h2-8H2,1H3,(H,10,12). The maximum Gasteiger partial charge on any atom is 0.421 e. The zero-order valence-corrected chi connectivity index (χ0v) is 8.21. The van der Waals surface area contributed by atoms with Crippen LogP contribution >= 0.6 is 0 Å². The highest BCUT2D eigenvalue weighted by Crippen LogP contribution is 2.07. The van der Waals surface area contributed by atoms with Crippen molar-refractivity contribution in [3.05, 3.63) is 0 Å². The molecule has 4 heteroatoms. The van der Waals surface area contributed by atoms with E-state index in [0.717, 1.165) is 25.9 Å². The summed E-state index contributed by atoms with van der Waals surface area (Å²) in [4.78, 5) is 11.0. The Bertz CT molecular complexity index is 154. The number of amides is 1. The fraction of sp³-hybridized carbons (Fsp3) is 0.889. The second-order valence-electron chi connectivity index (χ2n) is 3.23. The molecule has 1 heterocycles. The topological polar surface area (TPSA) is 41.6 Å². The van der Waals surface area contributed by atoms with E-state index in [0.29, 0.717) is 6.61 Å². The molecule has 1 rings (SSSR count). The molecule has 0 saturated carbocycles. The molecule has 0 aromatic heterocycles. The maximum atomic E-state index is 11.0. The second kappa shape index (κ2) is 5.80. The van der Waals surface area contributed by atoms with Crippen LogP contribution in [0.5, 0.6) is 0 Å². The first-order valence-electron chi connectivity index (χ1n) is 5.01. The molecule has 1 aliphatic rings. The van der Waals surface area contributed by atoms with Crippen LogP contribution in [-0.2, 0) is 4.74 Å². The van der Waals surface area contributed by atoms with Crippen LogP contribution in [0.1, 0.15) is 32.6 Å². The zero-order valence-electron chi connectivity index (χ0n) is 8.21. The lowest BCUT2D eigenvalue weighted by atomic mass is 10.2. The highest BCUT2D eigenvalue weighted by atomic mass is 16.6. The summed E-state index contributed by atoms with van der Waals surface area (Å²) in [6.07, 6.45) is 4.52. The number of ether oxygens (including phenoxy) is 1. The van der Waals surface area contributed by atoms with E-state index in [1.807, 2.05) is 11.9 Å². The van der Waals surface area contributed by atoms with Crippen molar-refractivity contribution in [1.82, 2.24) is 10.4 Å². The molecule has 1 N–H and O–H groups in total. The number of hydrogen-bond acceptors (Lipinski definition) is 3. The summed E-state index contributed by atoms with van der Waals surface area (Å²) in [6.45, 7) is 4.12. The molecule has 0 aromatic rings. The van der Waals surface area contributed by atoms with Gasteiger partial charge in [-0.25, -0.2) is 9.80 Å². The van der Waals surface area contributed by atoms with Gasteiger partial charge in [-0.05, 0) is 19.8 Å². The molecular formula is C9H18N2O2. The van der Waals surface area contributed by atoms with E-state index in [2.05, 4.69) is 5.43 Å². The third kappa shape index (κ3) is 4.12. The van der Waals surface area contributed by atoms with Gasteiger partial charge in [0.25, 0.3) is 0 Å². The number of hydrazine groups is 1. The third-order valence-electron chi connectivity index (χ3n) is 2.13. The predicted octanol–water partition coefficient (Wildman–Crippen LogP) is 1.52. The summed E-state index contributed by atoms with van der Waals surface area (Å²) >= 11 is 0. The fourth-order valence-electron chi connectivity index (χ4n) is 1.47. The number of hydrogen-bond donors (Lipinski definition) is 1. The van der Waals surface area contributed by atoms with Gasteiger partial charge in [-0.3, -0.25) is 5.43 Å². The van der Waals surface area contributed by atoms with E-state index in [1.165, 1.54) is 12.8 Å². The molecule has 1 aliphatic heterocycles. The van der Waals surface area contributed by atoms with Gasteiger partial charge in [-0.15, -0.1) is 0 Å². The minimum atomic E-state index is -0.329. The lowest BCUT2D eigenvalue weighted by Crippen LogP contribution is -2.42. The quantitative estimate of drug-likeness (QED) is 0.711. The van der Waals surface area contributed by atoms with E-state index in [4.69, 9.17) is 4.74 Å². The Morgan fingerprint density at radius 2 is 1.92 bits per heavy atom. The highest BCUT2D eigenvalue weighted by molar-refractivity contribution is 5.66. The van der Waals surface area contributed by atoms with Crippen molar-refractivity contribution in [2.45, 2.75) is 32.6 Å². The van der Waals surface area contributed by atoms with Crippen LogP contribution in [0.25, 0.3) is 0 Å². The minimum Gasteiger partial charge on any atom is -0.449 e. The third-order valence-corrected chi connectivity index (χ3v) is 2.13. The van der Waals surface area contributed by atoms with Gasteiger partial charge in [0, 0.05) is 13.1 Å². The summed E-state index contributed by atoms with van der Waals surface area (Å²) in [5.74, 6) is 0. The van der Waals surface area contributed by atoms with E-state index < -0.39 is 0 Å². The first-order valence-corrected chi connectivity index (χ1v) is 5.01. The Morgan fingerprint density at radius 1 is 1.31 bits per heavy atom. The van der Waals surface area contributed by atoms with Crippen molar-refractivity contribution in [2.24, 2.45) is 0 Å². The first-order chi connectivity index (χ1) is 6.33. The molecular weight excluding hydrogens is 168 g/mol. The fourth-order valence-corrected chi connectivity index (χ4v) is 1.47. The van der Waals surface area contributed by atoms with Crippen LogP contribution in [0.4, 0.5) is 4.79 Å². The molecule has 0 bridgehead atoms. The second-order valence-corrected chi connectivity index (χ2v) is 3.23. The molecule has 0 unspecified atom stereocenters. The van der Waals surface area contributed by atoms with Gasteiger partial charge in [0.15, 0.2) is 0 Å². The Balaban J connectivity index is 2.21. The lowest BCUT2D eigenvalue weighted by molar-refractivity contribution is 0.110. The van der Waals surface area contributed by atoms with Gasteiger partial charge in [-0.2, -0.15) is 0 Å². The Labute approximate surface area is 79.2 Å². The Hall–Kier alpha value is -0.770. The highest BCUT2D eigenvalue weighted by Gasteiger charge is 2.11. The van der Waals surface area contributed by atoms with Gasteiger partial charge in [0.05, 0.1) is 6.61 Å². The van der Waals surface area contributed by atoms with Crippen LogP contribution in [-0.4, -0.2) is 30.8 Å². The Morgan fingerprint density at radius 3 is 2.46 bits per heavy atom. The molecule has 0 spiro atoms. The molecule has 0 aliphatic carbocycles. The average molecular weight is 186 g/mol. The summed E-state index contributed by atoms with van der Waals surface area (Å²) in [7, 11) is 0. The molecule has 4 nitrogen and oxygen atoms in total. The van der Waals surface area contributed by atoms with Crippen LogP contribution in [0.2, 0.25) is 0 Å². The molecule has 0 atom stereocenters. The van der Waals surface area contributed by atoms with E-state index >= 15 is 0 Å². The maximum absolute atomic E-state index is 11.0. The van der Waals surface area contributed by atoms with Crippen LogP contribution < -0.4 is 5.43 Å². The molecule has 1 saturated heterocycles. The molecule has 1 amide bonds. The minimum absolute atomic E-state index is 0.329. The molecule has 1 fully saturated rings.